The quantitative estimate of drug-likeness (QED) is 0.751. The molecule has 0 bridgehead atoms. The summed E-state index contributed by atoms with van der Waals surface area (Å²) in [7, 11) is 0. The highest BCUT2D eigenvalue weighted by molar-refractivity contribution is 7.10. The molecule has 0 spiro atoms. The van der Waals surface area contributed by atoms with Crippen molar-refractivity contribution >= 4 is 17.2 Å². The summed E-state index contributed by atoms with van der Waals surface area (Å²) in [6.45, 7) is 13.3. The third-order valence-electron chi connectivity index (χ3n) is 4.10. The molecule has 1 aromatic rings. The highest BCUT2D eigenvalue weighted by Crippen LogP contribution is 2.35. The molecule has 1 amide bonds. The summed E-state index contributed by atoms with van der Waals surface area (Å²) in [5.41, 5.74) is 2.47. The Bertz CT molecular complexity index is 509. The predicted molar refractivity (Wildman–Crippen MR) is 89.7 cm³/mol. The Kier molecular flexibility index (Phi) is 5.59. The van der Waals surface area contributed by atoms with Gasteiger partial charge in [0, 0.05) is 18.0 Å². The van der Waals surface area contributed by atoms with Crippen molar-refractivity contribution < 1.29 is 4.79 Å². The zero-order valence-corrected chi connectivity index (χ0v) is 14.2. The minimum atomic E-state index is 0.252. The number of carbonyl (C=O) groups excluding carboxylic acids is 1. The van der Waals surface area contributed by atoms with E-state index in [9.17, 15) is 4.79 Å². The van der Waals surface area contributed by atoms with Crippen LogP contribution in [0.1, 0.15) is 43.7 Å². The highest BCUT2D eigenvalue weighted by atomic mass is 32.1. The van der Waals surface area contributed by atoms with Crippen LogP contribution in [0.5, 0.6) is 0 Å². The molecule has 0 saturated carbocycles. The van der Waals surface area contributed by atoms with Gasteiger partial charge in [0.15, 0.2) is 0 Å². The van der Waals surface area contributed by atoms with Crippen molar-refractivity contribution in [3.05, 3.63) is 34.0 Å². The van der Waals surface area contributed by atoms with E-state index in [2.05, 4.69) is 41.7 Å². The molecule has 0 radical (unpaired) electrons. The molecule has 0 aliphatic carbocycles. The zero-order valence-electron chi connectivity index (χ0n) is 13.4. The van der Waals surface area contributed by atoms with Crippen LogP contribution >= 0.6 is 11.3 Å². The fourth-order valence-electron chi connectivity index (χ4n) is 3.08. The molecular weight excluding hydrogens is 280 g/mol. The van der Waals surface area contributed by atoms with Gasteiger partial charge in [0.2, 0.25) is 5.91 Å². The van der Waals surface area contributed by atoms with Crippen LogP contribution < -0.4 is 0 Å². The number of carbonyl (C=O) groups is 1. The number of hydrogen-bond acceptors (Lipinski definition) is 3. The normalized spacial score (nSPS) is 17.9. The molecule has 0 aromatic carbocycles. The lowest BCUT2D eigenvalue weighted by Crippen LogP contribution is -2.45. The summed E-state index contributed by atoms with van der Waals surface area (Å²) in [4.78, 5) is 18.4. The predicted octanol–water partition coefficient (Wildman–Crippen LogP) is 3.48. The van der Waals surface area contributed by atoms with Crippen molar-refractivity contribution in [1.29, 1.82) is 0 Å². The first-order valence-corrected chi connectivity index (χ1v) is 8.67. The van der Waals surface area contributed by atoms with E-state index in [1.165, 1.54) is 10.4 Å². The van der Waals surface area contributed by atoms with Crippen LogP contribution in [0.15, 0.2) is 23.6 Å². The summed E-state index contributed by atoms with van der Waals surface area (Å²) < 4.78 is 0. The molecule has 116 valence electrons. The Balaban J connectivity index is 2.07. The third kappa shape index (κ3) is 3.74. The first-order valence-electron chi connectivity index (χ1n) is 7.79. The van der Waals surface area contributed by atoms with Crippen LogP contribution in [0.25, 0.3) is 0 Å². The van der Waals surface area contributed by atoms with Crippen LogP contribution in [0.2, 0.25) is 0 Å². The van der Waals surface area contributed by atoms with Gasteiger partial charge in [-0.15, -0.1) is 11.3 Å². The van der Waals surface area contributed by atoms with Gasteiger partial charge in [-0.1, -0.05) is 26.0 Å². The van der Waals surface area contributed by atoms with Crippen LogP contribution in [0.4, 0.5) is 0 Å². The average molecular weight is 306 g/mol. The maximum atomic E-state index is 12.7. The number of nitrogens with zero attached hydrogens (tertiary/aromatic N) is 2. The smallest absolute Gasteiger partial charge is 0.237 e. The monoisotopic (exact) mass is 306 g/mol. The number of fused-ring (bicyclic) bond motifs is 1. The molecule has 2 heterocycles. The first kappa shape index (κ1) is 16.2. The van der Waals surface area contributed by atoms with E-state index in [0.717, 1.165) is 38.0 Å². The van der Waals surface area contributed by atoms with Crippen molar-refractivity contribution in [3.8, 4) is 0 Å². The van der Waals surface area contributed by atoms with Crippen molar-refractivity contribution in [2.75, 3.05) is 26.2 Å². The second-order valence-corrected chi connectivity index (χ2v) is 6.82. The topological polar surface area (TPSA) is 23.6 Å². The van der Waals surface area contributed by atoms with Crippen LogP contribution in [-0.2, 0) is 11.2 Å². The summed E-state index contributed by atoms with van der Waals surface area (Å²) in [5, 5.41) is 2.15. The van der Waals surface area contributed by atoms with Gasteiger partial charge in [0.05, 0.1) is 12.6 Å². The maximum Gasteiger partial charge on any atom is 0.237 e. The summed E-state index contributed by atoms with van der Waals surface area (Å²) in [5.74, 6) is 0.252. The number of likely N-dealkylation sites (N-methyl/N-ethyl adjacent to an activating group) is 1. The van der Waals surface area contributed by atoms with Crippen LogP contribution in [-0.4, -0.2) is 41.9 Å². The Morgan fingerprint density at radius 3 is 2.86 bits per heavy atom. The number of rotatable bonds is 6. The van der Waals surface area contributed by atoms with Gasteiger partial charge in [-0.3, -0.25) is 9.69 Å². The maximum absolute atomic E-state index is 12.7. The Morgan fingerprint density at radius 1 is 1.48 bits per heavy atom. The molecule has 1 unspecified atom stereocenters. The molecule has 0 fully saturated rings. The molecule has 1 aromatic heterocycles. The van der Waals surface area contributed by atoms with E-state index in [1.807, 2.05) is 18.3 Å². The van der Waals surface area contributed by atoms with Crippen LogP contribution in [0.3, 0.4) is 0 Å². The van der Waals surface area contributed by atoms with Crippen molar-refractivity contribution in [2.45, 2.75) is 39.7 Å². The van der Waals surface area contributed by atoms with Gasteiger partial charge < -0.3 is 4.90 Å². The molecule has 2 rings (SSSR count). The van der Waals surface area contributed by atoms with Gasteiger partial charge in [-0.2, -0.15) is 0 Å². The molecule has 0 saturated heterocycles. The Hall–Kier alpha value is -1.13. The summed E-state index contributed by atoms with van der Waals surface area (Å²) >= 11 is 1.83. The summed E-state index contributed by atoms with van der Waals surface area (Å²) in [6.07, 6.45) is 1.99. The Morgan fingerprint density at radius 2 is 2.24 bits per heavy atom. The molecule has 21 heavy (non-hydrogen) atoms. The van der Waals surface area contributed by atoms with Gasteiger partial charge in [0.25, 0.3) is 0 Å². The van der Waals surface area contributed by atoms with E-state index < -0.39 is 0 Å². The SMILES string of the molecule is C=C(C)CN(CC)CC(=O)N1CCc2sccc2C1CC. The molecule has 3 nitrogen and oxygen atoms in total. The van der Waals surface area contributed by atoms with E-state index in [0.29, 0.717) is 6.54 Å². The standard InChI is InChI=1S/C17H26N2OS/c1-5-15-14-8-10-21-16(14)7-9-19(15)17(20)12-18(6-2)11-13(3)4/h8,10,15H,3,5-7,9,11-12H2,1-2,4H3. The molecule has 1 atom stereocenters. The second-order valence-electron chi connectivity index (χ2n) is 5.82. The average Bonchev–Trinajstić information content (AvgIpc) is 2.93. The third-order valence-corrected chi connectivity index (χ3v) is 5.10. The lowest BCUT2D eigenvalue weighted by atomic mass is 9.97. The van der Waals surface area contributed by atoms with E-state index in [-0.39, 0.29) is 11.9 Å². The van der Waals surface area contributed by atoms with Gasteiger partial charge >= 0.3 is 0 Å². The van der Waals surface area contributed by atoms with Gasteiger partial charge in [0.1, 0.15) is 0 Å². The minimum Gasteiger partial charge on any atom is -0.334 e. The first-order chi connectivity index (χ1) is 10.1. The van der Waals surface area contributed by atoms with Crippen molar-refractivity contribution in [1.82, 2.24) is 9.80 Å². The number of hydrogen-bond donors (Lipinski definition) is 0. The molecule has 1 aliphatic heterocycles. The summed E-state index contributed by atoms with van der Waals surface area (Å²) in [6, 6.07) is 2.45. The largest absolute Gasteiger partial charge is 0.334 e. The zero-order chi connectivity index (χ0) is 15.4. The van der Waals surface area contributed by atoms with Crippen LogP contribution in [0, 0.1) is 0 Å². The number of thiophene rings is 1. The highest BCUT2D eigenvalue weighted by Gasteiger charge is 2.30. The minimum absolute atomic E-state index is 0.252. The molecular formula is C17H26N2OS. The van der Waals surface area contributed by atoms with Gasteiger partial charge in [-0.25, -0.2) is 0 Å². The van der Waals surface area contributed by atoms with Crippen molar-refractivity contribution in [2.24, 2.45) is 0 Å². The van der Waals surface area contributed by atoms with Crippen molar-refractivity contribution in [3.63, 3.8) is 0 Å². The van der Waals surface area contributed by atoms with E-state index in [1.54, 1.807) is 0 Å². The molecule has 1 aliphatic rings. The lowest BCUT2D eigenvalue weighted by molar-refractivity contribution is -0.135. The van der Waals surface area contributed by atoms with E-state index in [4.69, 9.17) is 0 Å². The van der Waals surface area contributed by atoms with E-state index >= 15 is 0 Å². The Labute approximate surface area is 132 Å². The fourth-order valence-corrected chi connectivity index (χ4v) is 4.01. The van der Waals surface area contributed by atoms with Gasteiger partial charge in [-0.05, 0) is 43.3 Å². The lowest BCUT2D eigenvalue weighted by Gasteiger charge is -2.36. The second kappa shape index (κ2) is 7.23. The fraction of sp³-hybridized carbons (Fsp3) is 0.588. The number of amides is 1. The molecule has 0 N–H and O–H groups in total. The molecule has 4 heteroatoms.